The van der Waals surface area contributed by atoms with Crippen LogP contribution in [0.1, 0.15) is 47.0 Å². The molecule has 0 saturated heterocycles. The molecule has 70 valence electrons. The largest absolute Gasteiger partial charge is 0.390 e. The first kappa shape index (κ1) is 13.5. The monoisotopic (exact) mass is 161 g/mol. The van der Waals surface area contributed by atoms with Crippen molar-refractivity contribution in [2.45, 2.75) is 52.6 Å². The van der Waals surface area contributed by atoms with Crippen LogP contribution < -0.4 is 6.15 Å². The van der Waals surface area contributed by atoms with Gasteiger partial charge in [-0.25, -0.2) is 0 Å². The molecule has 11 heavy (non-hydrogen) atoms. The zero-order valence-electron chi connectivity index (χ0n) is 8.35. The van der Waals surface area contributed by atoms with Crippen LogP contribution in [-0.2, 0) is 0 Å². The van der Waals surface area contributed by atoms with E-state index in [1.807, 2.05) is 0 Å². The van der Waals surface area contributed by atoms with Gasteiger partial charge in [0, 0.05) is 0 Å². The third-order valence-corrected chi connectivity index (χ3v) is 2.75. The Bertz CT molecular complexity index is 89.6. The summed E-state index contributed by atoms with van der Waals surface area (Å²) in [5, 5.41) is 9.90. The summed E-state index contributed by atoms with van der Waals surface area (Å²) in [7, 11) is 0. The Morgan fingerprint density at radius 1 is 1.18 bits per heavy atom. The molecular formula is C9H23NO. The van der Waals surface area contributed by atoms with Crippen LogP contribution in [0, 0.1) is 5.92 Å². The van der Waals surface area contributed by atoms with E-state index in [1.54, 1.807) is 0 Å². The predicted octanol–water partition coefficient (Wildman–Crippen LogP) is 2.75. The second kappa shape index (κ2) is 5.56. The second-order valence-electron chi connectivity index (χ2n) is 3.12. The molecular weight excluding hydrogens is 138 g/mol. The van der Waals surface area contributed by atoms with Crippen molar-refractivity contribution < 1.29 is 5.11 Å². The van der Waals surface area contributed by atoms with Crippen molar-refractivity contribution in [1.82, 2.24) is 6.15 Å². The molecule has 0 aliphatic carbocycles. The molecule has 1 unspecified atom stereocenters. The minimum atomic E-state index is -0.408. The predicted molar refractivity (Wildman–Crippen MR) is 50.0 cm³/mol. The lowest BCUT2D eigenvalue weighted by Gasteiger charge is -2.31. The standard InChI is InChI=1S/C9H20O.H3N/c1-5-8(4)9(10,6-2)7-3;/h8,10H,5-7H2,1-4H3;1H3. The fraction of sp³-hybridized carbons (Fsp3) is 1.00. The van der Waals surface area contributed by atoms with E-state index in [1.165, 1.54) is 0 Å². The molecule has 0 fully saturated rings. The van der Waals surface area contributed by atoms with Gasteiger partial charge in [0.2, 0.25) is 0 Å². The molecule has 0 radical (unpaired) electrons. The summed E-state index contributed by atoms with van der Waals surface area (Å²) >= 11 is 0. The van der Waals surface area contributed by atoms with Gasteiger partial charge in [-0.3, -0.25) is 0 Å². The first-order chi connectivity index (χ1) is 4.60. The topological polar surface area (TPSA) is 55.2 Å². The van der Waals surface area contributed by atoms with Crippen molar-refractivity contribution in [3.8, 4) is 0 Å². The summed E-state index contributed by atoms with van der Waals surface area (Å²) in [6.07, 6.45) is 2.81. The Morgan fingerprint density at radius 3 is 1.64 bits per heavy atom. The maximum absolute atomic E-state index is 9.90. The van der Waals surface area contributed by atoms with Crippen molar-refractivity contribution in [2.75, 3.05) is 0 Å². The van der Waals surface area contributed by atoms with Crippen molar-refractivity contribution in [1.29, 1.82) is 0 Å². The lowest BCUT2D eigenvalue weighted by atomic mass is 9.83. The van der Waals surface area contributed by atoms with E-state index < -0.39 is 5.60 Å². The highest BCUT2D eigenvalue weighted by Crippen LogP contribution is 2.26. The van der Waals surface area contributed by atoms with Crippen LogP contribution in [0.3, 0.4) is 0 Å². The summed E-state index contributed by atoms with van der Waals surface area (Å²) < 4.78 is 0. The van der Waals surface area contributed by atoms with E-state index in [4.69, 9.17) is 0 Å². The molecule has 4 N–H and O–H groups in total. The highest BCUT2D eigenvalue weighted by atomic mass is 16.3. The zero-order chi connectivity index (χ0) is 8.20. The third-order valence-electron chi connectivity index (χ3n) is 2.75. The normalized spacial score (nSPS) is 13.9. The molecule has 0 heterocycles. The van der Waals surface area contributed by atoms with Gasteiger partial charge in [-0.05, 0) is 18.8 Å². The summed E-state index contributed by atoms with van der Waals surface area (Å²) in [5.41, 5.74) is -0.408. The molecule has 2 nitrogen and oxygen atoms in total. The average molecular weight is 161 g/mol. The minimum Gasteiger partial charge on any atom is -0.390 e. The lowest BCUT2D eigenvalue weighted by Crippen LogP contribution is -2.34. The van der Waals surface area contributed by atoms with Crippen molar-refractivity contribution >= 4 is 0 Å². The number of aliphatic hydroxyl groups is 1. The Kier molecular flexibility index (Phi) is 6.82. The molecule has 0 saturated carbocycles. The first-order valence-corrected chi connectivity index (χ1v) is 4.33. The van der Waals surface area contributed by atoms with E-state index in [-0.39, 0.29) is 6.15 Å². The van der Waals surface area contributed by atoms with Crippen molar-refractivity contribution in [2.24, 2.45) is 5.92 Å². The Labute approximate surface area is 70.6 Å². The number of hydrogen-bond acceptors (Lipinski definition) is 2. The third kappa shape index (κ3) is 3.21. The Morgan fingerprint density at radius 2 is 1.55 bits per heavy atom. The van der Waals surface area contributed by atoms with Gasteiger partial charge in [0.1, 0.15) is 0 Å². The van der Waals surface area contributed by atoms with Gasteiger partial charge in [0.25, 0.3) is 0 Å². The van der Waals surface area contributed by atoms with Gasteiger partial charge in [0.05, 0.1) is 5.60 Å². The number of rotatable bonds is 4. The second-order valence-corrected chi connectivity index (χ2v) is 3.12. The molecule has 0 rings (SSSR count). The quantitative estimate of drug-likeness (QED) is 0.666. The van der Waals surface area contributed by atoms with Crippen LogP contribution in [0.25, 0.3) is 0 Å². The maximum Gasteiger partial charge on any atom is 0.0667 e. The summed E-state index contributed by atoms with van der Waals surface area (Å²) in [4.78, 5) is 0. The summed E-state index contributed by atoms with van der Waals surface area (Å²) in [6, 6.07) is 0. The average Bonchev–Trinajstić information content (AvgIpc) is 2.01. The highest BCUT2D eigenvalue weighted by molar-refractivity contribution is 4.79. The molecule has 0 aliphatic heterocycles. The maximum atomic E-state index is 9.90. The Balaban J connectivity index is 0. The minimum absolute atomic E-state index is 0. The van der Waals surface area contributed by atoms with Crippen LogP contribution in [0.5, 0.6) is 0 Å². The lowest BCUT2D eigenvalue weighted by molar-refractivity contribution is -0.0202. The zero-order valence-corrected chi connectivity index (χ0v) is 8.35. The van der Waals surface area contributed by atoms with Gasteiger partial charge in [0.15, 0.2) is 0 Å². The molecule has 0 aromatic carbocycles. The van der Waals surface area contributed by atoms with Gasteiger partial charge in [-0.1, -0.05) is 34.1 Å². The first-order valence-electron chi connectivity index (χ1n) is 4.33. The van der Waals surface area contributed by atoms with E-state index in [2.05, 4.69) is 27.7 Å². The molecule has 0 bridgehead atoms. The summed E-state index contributed by atoms with van der Waals surface area (Å²) in [5.74, 6) is 0.433. The molecule has 1 atom stereocenters. The molecule has 0 aromatic heterocycles. The van der Waals surface area contributed by atoms with Crippen LogP contribution in [0.4, 0.5) is 0 Å². The van der Waals surface area contributed by atoms with Crippen LogP contribution >= 0.6 is 0 Å². The highest BCUT2D eigenvalue weighted by Gasteiger charge is 2.27. The van der Waals surface area contributed by atoms with Crippen molar-refractivity contribution in [3.05, 3.63) is 0 Å². The fourth-order valence-electron chi connectivity index (χ4n) is 1.33. The molecule has 0 spiro atoms. The van der Waals surface area contributed by atoms with Crippen molar-refractivity contribution in [3.63, 3.8) is 0 Å². The van der Waals surface area contributed by atoms with Crippen LogP contribution in [0.2, 0.25) is 0 Å². The summed E-state index contributed by atoms with van der Waals surface area (Å²) in [6.45, 7) is 8.35. The smallest absolute Gasteiger partial charge is 0.0667 e. The van der Waals surface area contributed by atoms with E-state index >= 15 is 0 Å². The number of hydrogen-bond donors (Lipinski definition) is 2. The molecule has 0 aromatic rings. The molecule has 0 aliphatic rings. The molecule has 0 amide bonds. The van der Waals surface area contributed by atoms with Gasteiger partial charge in [-0.2, -0.15) is 0 Å². The van der Waals surface area contributed by atoms with Crippen LogP contribution in [-0.4, -0.2) is 10.7 Å². The van der Waals surface area contributed by atoms with E-state index in [0.29, 0.717) is 5.92 Å². The SMILES string of the molecule is CCC(C)C(O)(CC)CC.N. The Hall–Kier alpha value is -0.0800. The van der Waals surface area contributed by atoms with Crippen LogP contribution in [0.15, 0.2) is 0 Å². The van der Waals surface area contributed by atoms with E-state index in [9.17, 15) is 5.11 Å². The molecule has 2 heteroatoms. The van der Waals surface area contributed by atoms with Gasteiger partial charge < -0.3 is 11.3 Å². The fourth-order valence-corrected chi connectivity index (χ4v) is 1.33. The van der Waals surface area contributed by atoms with E-state index in [0.717, 1.165) is 19.3 Å². The van der Waals surface area contributed by atoms with Gasteiger partial charge >= 0.3 is 0 Å². The van der Waals surface area contributed by atoms with Gasteiger partial charge in [-0.15, -0.1) is 0 Å².